The molecule has 0 aliphatic heterocycles. The Morgan fingerprint density at radius 2 is 2.04 bits per heavy atom. The monoisotopic (exact) mass is 315 g/mol. The van der Waals surface area contributed by atoms with Crippen LogP contribution in [0, 0.1) is 11.3 Å². The molecule has 0 unspecified atom stereocenters. The molecule has 3 N–H and O–H groups in total. The predicted molar refractivity (Wildman–Crippen MR) is 87.2 cm³/mol. The summed E-state index contributed by atoms with van der Waals surface area (Å²) in [6, 6.07) is 8.04. The SMILES string of the molecule is CC(C)(C)NC(=O)CCNC(=O)/C(C#N)=C/c1cccc(O)c1. The number of phenolic OH excluding ortho intramolecular Hbond substituents is 1. The fraction of sp³-hybridized carbons (Fsp3) is 0.353. The van der Waals surface area contributed by atoms with Gasteiger partial charge in [-0.1, -0.05) is 12.1 Å². The van der Waals surface area contributed by atoms with Crippen LogP contribution in [-0.2, 0) is 9.59 Å². The van der Waals surface area contributed by atoms with E-state index in [0.29, 0.717) is 5.56 Å². The van der Waals surface area contributed by atoms with Gasteiger partial charge in [0.05, 0.1) is 0 Å². The Balaban J connectivity index is 2.59. The lowest BCUT2D eigenvalue weighted by Gasteiger charge is -2.20. The molecule has 0 aliphatic carbocycles. The third kappa shape index (κ3) is 7.14. The molecule has 0 radical (unpaired) electrons. The average Bonchev–Trinajstić information content (AvgIpc) is 2.42. The van der Waals surface area contributed by atoms with Crippen LogP contribution >= 0.6 is 0 Å². The van der Waals surface area contributed by atoms with Gasteiger partial charge in [-0.05, 0) is 44.5 Å². The van der Waals surface area contributed by atoms with Gasteiger partial charge in [-0.3, -0.25) is 9.59 Å². The van der Waals surface area contributed by atoms with Crippen LogP contribution in [0.15, 0.2) is 29.8 Å². The lowest BCUT2D eigenvalue weighted by Crippen LogP contribution is -2.42. The third-order valence-corrected chi connectivity index (χ3v) is 2.70. The zero-order chi connectivity index (χ0) is 17.5. The zero-order valence-corrected chi connectivity index (χ0v) is 13.5. The first-order valence-corrected chi connectivity index (χ1v) is 7.21. The standard InChI is InChI=1S/C17H21N3O3/c1-17(2,3)20-15(22)7-8-19-16(23)13(11-18)9-12-5-4-6-14(21)10-12/h4-6,9-10,21H,7-8H2,1-3H3,(H,19,23)(H,20,22)/b13-9+. The fourth-order valence-electron chi connectivity index (χ4n) is 1.80. The van der Waals surface area contributed by atoms with Gasteiger partial charge in [0.25, 0.3) is 5.91 Å². The van der Waals surface area contributed by atoms with Crippen molar-refractivity contribution in [1.82, 2.24) is 10.6 Å². The smallest absolute Gasteiger partial charge is 0.261 e. The number of nitriles is 1. The first-order chi connectivity index (χ1) is 10.7. The normalized spacial score (nSPS) is 11.5. The number of nitrogens with one attached hydrogen (secondary N) is 2. The minimum absolute atomic E-state index is 0.0512. The van der Waals surface area contributed by atoms with Crippen LogP contribution in [0.5, 0.6) is 5.75 Å². The van der Waals surface area contributed by atoms with Crippen molar-refractivity contribution in [2.24, 2.45) is 0 Å². The van der Waals surface area contributed by atoms with E-state index in [2.05, 4.69) is 10.6 Å². The molecule has 122 valence electrons. The second-order valence-corrected chi connectivity index (χ2v) is 6.07. The fourth-order valence-corrected chi connectivity index (χ4v) is 1.80. The Hall–Kier alpha value is -2.81. The van der Waals surface area contributed by atoms with Gasteiger partial charge < -0.3 is 15.7 Å². The van der Waals surface area contributed by atoms with E-state index in [9.17, 15) is 14.7 Å². The van der Waals surface area contributed by atoms with E-state index < -0.39 is 5.91 Å². The van der Waals surface area contributed by atoms with E-state index in [1.165, 1.54) is 18.2 Å². The number of aromatic hydroxyl groups is 1. The minimum Gasteiger partial charge on any atom is -0.508 e. The van der Waals surface area contributed by atoms with Crippen molar-refractivity contribution in [2.75, 3.05) is 6.54 Å². The minimum atomic E-state index is -0.556. The van der Waals surface area contributed by atoms with E-state index in [0.717, 1.165) is 0 Å². The molecule has 0 fully saturated rings. The Bertz CT molecular complexity index is 652. The van der Waals surface area contributed by atoms with Gasteiger partial charge >= 0.3 is 0 Å². The number of hydrogen-bond acceptors (Lipinski definition) is 4. The number of hydrogen-bond donors (Lipinski definition) is 3. The van der Waals surface area contributed by atoms with Crippen LogP contribution in [0.25, 0.3) is 6.08 Å². The molecule has 1 rings (SSSR count). The van der Waals surface area contributed by atoms with Crippen LogP contribution in [0.1, 0.15) is 32.8 Å². The van der Waals surface area contributed by atoms with Crippen LogP contribution in [0.4, 0.5) is 0 Å². The summed E-state index contributed by atoms with van der Waals surface area (Å²) in [5.74, 6) is -0.678. The van der Waals surface area contributed by atoms with E-state index >= 15 is 0 Å². The molecule has 0 saturated heterocycles. The molecule has 0 atom stereocenters. The second-order valence-electron chi connectivity index (χ2n) is 6.07. The molecule has 0 bridgehead atoms. The van der Waals surface area contributed by atoms with Crippen molar-refractivity contribution < 1.29 is 14.7 Å². The number of nitrogens with zero attached hydrogens (tertiary/aromatic N) is 1. The molecular weight excluding hydrogens is 294 g/mol. The molecule has 1 aromatic carbocycles. The summed E-state index contributed by atoms with van der Waals surface area (Å²) < 4.78 is 0. The highest BCUT2D eigenvalue weighted by atomic mass is 16.3. The Morgan fingerprint density at radius 3 is 2.61 bits per heavy atom. The van der Waals surface area contributed by atoms with Gasteiger partial charge in [0, 0.05) is 18.5 Å². The molecule has 0 heterocycles. The quantitative estimate of drug-likeness (QED) is 0.568. The first-order valence-electron chi connectivity index (χ1n) is 7.21. The van der Waals surface area contributed by atoms with Crippen molar-refractivity contribution in [3.63, 3.8) is 0 Å². The van der Waals surface area contributed by atoms with Gasteiger partial charge in [0.15, 0.2) is 0 Å². The highest BCUT2D eigenvalue weighted by molar-refractivity contribution is 6.01. The Morgan fingerprint density at radius 1 is 1.35 bits per heavy atom. The van der Waals surface area contributed by atoms with Crippen LogP contribution in [-0.4, -0.2) is 29.0 Å². The van der Waals surface area contributed by atoms with Crippen molar-refractivity contribution >= 4 is 17.9 Å². The third-order valence-electron chi connectivity index (χ3n) is 2.70. The van der Waals surface area contributed by atoms with Crippen molar-refractivity contribution in [2.45, 2.75) is 32.7 Å². The molecular formula is C17H21N3O3. The Kier molecular flexibility index (Phi) is 6.34. The van der Waals surface area contributed by atoms with E-state index in [4.69, 9.17) is 5.26 Å². The maximum Gasteiger partial charge on any atom is 0.261 e. The highest BCUT2D eigenvalue weighted by Crippen LogP contribution is 2.14. The summed E-state index contributed by atoms with van der Waals surface area (Å²) in [5, 5.41) is 23.8. The lowest BCUT2D eigenvalue weighted by atomic mass is 10.1. The maximum atomic E-state index is 11.9. The molecule has 0 saturated carbocycles. The van der Waals surface area contributed by atoms with Crippen LogP contribution < -0.4 is 10.6 Å². The van der Waals surface area contributed by atoms with E-state index in [1.54, 1.807) is 12.1 Å². The first kappa shape index (κ1) is 18.2. The van der Waals surface area contributed by atoms with Gasteiger partial charge in [-0.2, -0.15) is 5.26 Å². The number of rotatable bonds is 5. The highest BCUT2D eigenvalue weighted by Gasteiger charge is 2.14. The maximum absolute atomic E-state index is 11.9. The zero-order valence-electron chi connectivity index (χ0n) is 13.5. The number of benzene rings is 1. The molecule has 23 heavy (non-hydrogen) atoms. The van der Waals surface area contributed by atoms with Gasteiger partial charge in [-0.15, -0.1) is 0 Å². The molecule has 6 nitrogen and oxygen atoms in total. The Labute approximate surface area is 135 Å². The molecule has 2 amide bonds. The van der Waals surface area contributed by atoms with Gasteiger partial charge in [-0.25, -0.2) is 0 Å². The summed E-state index contributed by atoms with van der Waals surface area (Å²) in [7, 11) is 0. The molecule has 0 spiro atoms. The summed E-state index contributed by atoms with van der Waals surface area (Å²) >= 11 is 0. The second kappa shape index (κ2) is 7.99. The van der Waals surface area contributed by atoms with Gasteiger partial charge in [0.2, 0.25) is 5.91 Å². The van der Waals surface area contributed by atoms with Crippen molar-refractivity contribution in [1.29, 1.82) is 5.26 Å². The summed E-state index contributed by atoms with van der Waals surface area (Å²) in [6.07, 6.45) is 1.51. The number of phenols is 1. The van der Waals surface area contributed by atoms with Gasteiger partial charge in [0.1, 0.15) is 17.4 Å². The van der Waals surface area contributed by atoms with E-state index in [1.807, 2.05) is 26.8 Å². The predicted octanol–water partition coefficient (Wildman–Crippen LogP) is 1.72. The van der Waals surface area contributed by atoms with Crippen molar-refractivity contribution in [3.8, 4) is 11.8 Å². The topological polar surface area (TPSA) is 102 Å². The molecule has 6 heteroatoms. The summed E-state index contributed by atoms with van der Waals surface area (Å²) in [5.41, 5.74) is 0.128. The number of carbonyl (C=O) groups excluding carboxylic acids is 2. The average molecular weight is 315 g/mol. The van der Waals surface area contributed by atoms with Crippen LogP contribution in [0.3, 0.4) is 0 Å². The van der Waals surface area contributed by atoms with Crippen molar-refractivity contribution in [3.05, 3.63) is 35.4 Å². The number of carbonyl (C=O) groups is 2. The molecule has 1 aromatic rings. The summed E-state index contributed by atoms with van der Waals surface area (Å²) in [6.45, 7) is 5.75. The largest absolute Gasteiger partial charge is 0.508 e. The molecule has 0 aliphatic rings. The summed E-state index contributed by atoms with van der Waals surface area (Å²) in [4.78, 5) is 23.6. The van der Waals surface area contributed by atoms with Crippen LogP contribution in [0.2, 0.25) is 0 Å². The number of amides is 2. The van der Waals surface area contributed by atoms with E-state index in [-0.39, 0.29) is 35.7 Å². The lowest BCUT2D eigenvalue weighted by molar-refractivity contribution is -0.122. The molecule has 0 aromatic heterocycles.